The van der Waals surface area contributed by atoms with E-state index in [0.29, 0.717) is 23.4 Å². The van der Waals surface area contributed by atoms with Crippen LogP contribution < -0.4 is 10.3 Å². The normalized spacial score (nSPS) is 16.3. The number of aromatic amines is 1. The van der Waals surface area contributed by atoms with Gasteiger partial charge in [0, 0.05) is 17.8 Å². The Bertz CT molecular complexity index is 989. The highest BCUT2D eigenvalue weighted by atomic mass is 32.1. The molecule has 0 radical (unpaired) electrons. The minimum atomic E-state index is -1.07. The van der Waals surface area contributed by atoms with Gasteiger partial charge in [0.25, 0.3) is 5.56 Å². The first-order chi connectivity index (χ1) is 12.0. The fraction of sp³-hybridized carbons (Fsp3) is 0.368. The van der Waals surface area contributed by atoms with Gasteiger partial charge in [-0.1, -0.05) is 6.92 Å². The summed E-state index contributed by atoms with van der Waals surface area (Å²) in [5.74, 6) is 0.762. The second-order valence-corrected chi connectivity index (χ2v) is 7.61. The number of aryl methyl sites for hydroxylation is 1. The first-order valence-corrected chi connectivity index (χ1v) is 9.32. The van der Waals surface area contributed by atoms with Crippen LogP contribution in [0.3, 0.4) is 0 Å². The quantitative estimate of drug-likeness (QED) is 0.752. The summed E-state index contributed by atoms with van der Waals surface area (Å²) in [6.45, 7) is 4.27. The molecule has 130 valence electrons. The first-order valence-electron chi connectivity index (χ1n) is 8.50. The summed E-state index contributed by atoms with van der Waals surface area (Å²) in [5, 5.41) is 11.7. The van der Waals surface area contributed by atoms with Crippen LogP contribution in [0.5, 0.6) is 5.75 Å². The van der Waals surface area contributed by atoms with E-state index in [1.165, 1.54) is 11.3 Å². The molecule has 0 aromatic carbocycles. The van der Waals surface area contributed by atoms with Crippen molar-refractivity contribution >= 4 is 21.4 Å². The largest absolute Gasteiger partial charge is 0.491 e. The zero-order chi connectivity index (χ0) is 17.6. The lowest BCUT2D eigenvalue weighted by molar-refractivity contribution is 0.0475. The van der Waals surface area contributed by atoms with E-state index in [2.05, 4.69) is 9.97 Å². The van der Waals surface area contributed by atoms with Crippen molar-refractivity contribution in [2.75, 3.05) is 6.61 Å². The SMILES string of the molecule is CC[C@@](C)(O)c1[nH]c(=O)c2sc(-c3ccncc3)c3c2c1CCCO3. The highest BCUT2D eigenvalue weighted by Crippen LogP contribution is 2.47. The van der Waals surface area contributed by atoms with Gasteiger partial charge in [-0.2, -0.15) is 0 Å². The Morgan fingerprint density at radius 1 is 1.40 bits per heavy atom. The topological polar surface area (TPSA) is 75.2 Å². The van der Waals surface area contributed by atoms with Gasteiger partial charge in [0.1, 0.15) is 16.1 Å². The van der Waals surface area contributed by atoms with E-state index in [1.54, 1.807) is 19.3 Å². The summed E-state index contributed by atoms with van der Waals surface area (Å²) in [6.07, 6.45) is 5.63. The molecule has 3 aromatic rings. The van der Waals surface area contributed by atoms with Crippen molar-refractivity contribution < 1.29 is 9.84 Å². The fourth-order valence-electron chi connectivity index (χ4n) is 3.36. The van der Waals surface area contributed by atoms with Crippen molar-refractivity contribution in [3.05, 3.63) is 46.1 Å². The Balaban J connectivity index is 2.09. The molecule has 4 rings (SSSR count). The third-order valence-corrected chi connectivity index (χ3v) is 6.12. The van der Waals surface area contributed by atoms with Crippen LogP contribution in [0.15, 0.2) is 29.3 Å². The molecule has 1 aliphatic heterocycles. The van der Waals surface area contributed by atoms with Crippen molar-refractivity contribution in [2.24, 2.45) is 0 Å². The molecule has 25 heavy (non-hydrogen) atoms. The molecule has 4 heterocycles. The molecule has 0 amide bonds. The van der Waals surface area contributed by atoms with Crippen molar-refractivity contribution in [3.8, 4) is 16.2 Å². The lowest BCUT2D eigenvalue weighted by Gasteiger charge is -2.24. The maximum Gasteiger partial charge on any atom is 0.266 e. The zero-order valence-electron chi connectivity index (χ0n) is 14.3. The zero-order valence-corrected chi connectivity index (χ0v) is 15.1. The van der Waals surface area contributed by atoms with E-state index in [1.807, 2.05) is 19.1 Å². The molecule has 5 nitrogen and oxygen atoms in total. The summed E-state index contributed by atoms with van der Waals surface area (Å²) in [4.78, 5) is 20.7. The number of pyridine rings is 2. The van der Waals surface area contributed by atoms with Crippen molar-refractivity contribution in [1.82, 2.24) is 9.97 Å². The minimum Gasteiger partial charge on any atom is -0.491 e. The van der Waals surface area contributed by atoms with Crippen LogP contribution in [-0.2, 0) is 12.0 Å². The minimum absolute atomic E-state index is 0.167. The number of aliphatic hydroxyl groups is 1. The lowest BCUT2D eigenvalue weighted by Crippen LogP contribution is -2.27. The summed E-state index contributed by atoms with van der Waals surface area (Å²) in [6, 6.07) is 3.85. The van der Waals surface area contributed by atoms with E-state index in [0.717, 1.165) is 40.0 Å². The lowest BCUT2D eigenvalue weighted by atomic mass is 9.91. The van der Waals surface area contributed by atoms with Crippen molar-refractivity contribution in [1.29, 1.82) is 0 Å². The predicted molar refractivity (Wildman–Crippen MR) is 99.4 cm³/mol. The molecule has 1 atom stereocenters. The third-order valence-electron chi connectivity index (χ3n) is 4.90. The molecule has 0 aliphatic carbocycles. The number of thiophene rings is 1. The van der Waals surface area contributed by atoms with Crippen LogP contribution >= 0.6 is 11.3 Å². The van der Waals surface area contributed by atoms with E-state index in [4.69, 9.17) is 4.74 Å². The highest BCUT2D eigenvalue weighted by molar-refractivity contribution is 7.22. The summed E-state index contributed by atoms with van der Waals surface area (Å²) in [7, 11) is 0. The number of aromatic nitrogens is 2. The third kappa shape index (κ3) is 2.56. The first kappa shape index (κ1) is 16.3. The molecular weight excluding hydrogens is 336 g/mol. The Labute approximate surface area is 149 Å². The van der Waals surface area contributed by atoms with E-state index in [9.17, 15) is 9.90 Å². The number of nitrogens with one attached hydrogen (secondary N) is 1. The summed E-state index contributed by atoms with van der Waals surface area (Å²) < 4.78 is 6.72. The van der Waals surface area contributed by atoms with Crippen LogP contribution in [0.4, 0.5) is 0 Å². The second-order valence-electron chi connectivity index (χ2n) is 6.59. The van der Waals surface area contributed by atoms with Crippen LogP contribution in [0.1, 0.15) is 37.9 Å². The molecule has 0 saturated heterocycles. The van der Waals surface area contributed by atoms with Gasteiger partial charge < -0.3 is 14.8 Å². The second kappa shape index (κ2) is 5.97. The van der Waals surface area contributed by atoms with E-state index in [-0.39, 0.29) is 5.56 Å². The Hall–Kier alpha value is -2.18. The predicted octanol–water partition coefficient (Wildman–Crippen LogP) is 3.59. The van der Waals surface area contributed by atoms with Gasteiger partial charge >= 0.3 is 0 Å². The standard InChI is InChI=1S/C19H20N2O3S/c1-3-19(2,23)17-12-5-4-10-24-14-13(12)16(18(22)21-17)25-15(14)11-6-8-20-9-7-11/h6-9,23H,3-5,10H2,1-2H3,(H,21,22)/t19-/m1/s1. The Morgan fingerprint density at radius 2 is 2.16 bits per heavy atom. The molecule has 0 bridgehead atoms. The molecule has 0 unspecified atom stereocenters. The van der Waals surface area contributed by atoms with Crippen molar-refractivity contribution in [2.45, 2.75) is 38.7 Å². The highest BCUT2D eigenvalue weighted by Gasteiger charge is 2.31. The van der Waals surface area contributed by atoms with Gasteiger partial charge in [-0.15, -0.1) is 11.3 Å². The Kier molecular flexibility index (Phi) is 3.89. The van der Waals surface area contributed by atoms with Gasteiger partial charge in [-0.3, -0.25) is 9.78 Å². The number of nitrogens with zero attached hydrogens (tertiary/aromatic N) is 1. The number of H-pyrrole nitrogens is 1. The molecule has 0 spiro atoms. The summed E-state index contributed by atoms with van der Waals surface area (Å²) >= 11 is 1.44. The van der Waals surface area contributed by atoms with Crippen LogP contribution in [-0.4, -0.2) is 21.7 Å². The molecular formula is C19H20N2O3S. The Morgan fingerprint density at radius 3 is 2.88 bits per heavy atom. The molecule has 2 N–H and O–H groups in total. The number of hydrogen-bond donors (Lipinski definition) is 2. The smallest absolute Gasteiger partial charge is 0.266 e. The summed E-state index contributed by atoms with van der Waals surface area (Å²) in [5.41, 5.74) is 1.38. The van der Waals surface area contributed by atoms with Crippen LogP contribution in [0, 0.1) is 0 Å². The van der Waals surface area contributed by atoms with Crippen LogP contribution in [0.2, 0.25) is 0 Å². The number of rotatable bonds is 3. The maximum atomic E-state index is 12.7. The van der Waals surface area contributed by atoms with Gasteiger partial charge in [0.15, 0.2) is 0 Å². The molecule has 0 saturated carbocycles. The van der Waals surface area contributed by atoms with E-state index < -0.39 is 5.60 Å². The van der Waals surface area contributed by atoms with Gasteiger partial charge in [0.05, 0.1) is 17.2 Å². The maximum absolute atomic E-state index is 12.7. The molecule has 6 heteroatoms. The van der Waals surface area contributed by atoms with Gasteiger partial charge in [0.2, 0.25) is 0 Å². The van der Waals surface area contributed by atoms with Crippen LogP contribution in [0.25, 0.3) is 20.5 Å². The molecule has 3 aromatic heterocycles. The average molecular weight is 356 g/mol. The van der Waals surface area contributed by atoms with Crippen molar-refractivity contribution in [3.63, 3.8) is 0 Å². The molecule has 1 aliphatic rings. The molecule has 0 fully saturated rings. The number of ether oxygens (including phenoxy) is 1. The number of hydrogen-bond acceptors (Lipinski definition) is 5. The van der Waals surface area contributed by atoms with Gasteiger partial charge in [-0.25, -0.2) is 0 Å². The monoisotopic (exact) mass is 356 g/mol. The van der Waals surface area contributed by atoms with Gasteiger partial charge in [-0.05, 0) is 49.4 Å². The van der Waals surface area contributed by atoms with E-state index >= 15 is 0 Å². The fourth-order valence-corrected chi connectivity index (χ4v) is 4.53. The average Bonchev–Trinajstić information content (AvgIpc) is 2.87.